The van der Waals surface area contributed by atoms with E-state index in [-0.39, 0.29) is 5.97 Å². The highest BCUT2D eigenvalue weighted by atomic mass is 16.5. The maximum absolute atomic E-state index is 11.2. The van der Waals surface area contributed by atoms with Gasteiger partial charge in [-0.05, 0) is 12.1 Å². The molecule has 0 atom stereocenters. The Balaban J connectivity index is 2.30. The summed E-state index contributed by atoms with van der Waals surface area (Å²) in [5.41, 5.74) is 2.22. The van der Waals surface area contributed by atoms with E-state index in [0.29, 0.717) is 5.56 Å². The van der Waals surface area contributed by atoms with Crippen molar-refractivity contribution in [1.29, 1.82) is 0 Å². The van der Waals surface area contributed by atoms with Crippen LogP contribution in [-0.4, -0.2) is 23.0 Å². The molecule has 0 saturated heterocycles. The average molecular weight is 214 g/mol. The number of esters is 1. The van der Waals surface area contributed by atoms with Crippen molar-refractivity contribution in [1.82, 2.24) is 9.97 Å². The number of hydrogen-bond acceptors (Lipinski definition) is 4. The molecule has 0 spiro atoms. The van der Waals surface area contributed by atoms with Gasteiger partial charge in [-0.2, -0.15) is 0 Å². The van der Waals surface area contributed by atoms with Crippen LogP contribution in [0.2, 0.25) is 0 Å². The van der Waals surface area contributed by atoms with Crippen molar-refractivity contribution < 1.29 is 9.53 Å². The quantitative estimate of drug-likeness (QED) is 0.717. The molecule has 0 amide bonds. The molecule has 0 saturated carbocycles. The molecule has 0 bridgehead atoms. The maximum Gasteiger partial charge on any atom is 0.337 e. The Kier molecular flexibility index (Phi) is 2.91. The second-order valence-corrected chi connectivity index (χ2v) is 3.16. The minimum Gasteiger partial charge on any atom is -0.465 e. The number of methoxy groups -OCH3 is 1. The van der Waals surface area contributed by atoms with E-state index in [1.165, 1.54) is 7.11 Å². The molecule has 1 aromatic carbocycles. The largest absolute Gasteiger partial charge is 0.465 e. The summed E-state index contributed by atoms with van der Waals surface area (Å²) in [7, 11) is 1.36. The Morgan fingerprint density at radius 2 is 1.94 bits per heavy atom. The topological polar surface area (TPSA) is 52.1 Å². The zero-order chi connectivity index (χ0) is 11.4. The van der Waals surface area contributed by atoms with Gasteiger partial charge in [-0.25, -0.2) is 4.79 Å². The highest BCUT2D eigenvalue weighted by Crippen LogP contribution is 2.16. The van der Waals surface area contributed by atoms with Gasteiger partial charge in [-0.15, -0.1) is 0 Å². The SMILES string of the molecule is COC(=O)c1ccc(-c2cnccn2)cc1. The van der Waals surface area contributed by atoms with Crippen LogP contribution in [0.15, 0.2) is 42.9 Å². The lowest BCUT2D eigenvalue weighted by Crippen LogP contribution is -2.00. The van der Waals surface area contributed by atoms with E-state index in [1.54, 1.807) is 30.7 Å². The Bertz CT molecular complexity index is 480. The van der Waals surface area contributed by atoms with Crippen LogP contribution in [0.1, 0.15) is 10.4 Å². The second kappa shape index (κ2) is 4.53. The number of carbonyl (C=O) groups excluding carboxylic acids is 1. The minimum atomic E-state index is -0.342. The summed E-state index contributed by atoms with van der Waals surface area (Å²) in [5.74, 6) is -0.342. The van der Waals surface area contributed by atoms with E-state index in [2.05, 4.69) is 14.7 Å². The highest BCUT2D eigenvalue weighted by molar-refractivity contribution is 5.89. The van der Waals surface area contributed by atoms with Gasteiger partial charge in [-0.1, -0.05) is 12.1 Å². The summed E-state index contributed by atoms with van der Waals surface area (Å²) in [6.45, 7) is 0. The minimum absolute atomic E-state index is 0.342. The number of benzene rings is 1. The van der Waals surface area contributed by atoms with Crippen molar-refractivity contribution in [3.05, 3.63) is 48.4 Å². The van der Waals surface area contributed by atoms with Crippen molar-refractivity contribution >= 4 is 5.97 Å². The number of hydrogen-bond donors (Lipinski definition) is 0. The molecule has 0 aliphatic heterocycles. The smallest absolute Gasteiger partial charge is 0.337 e. The van der Waals surface area contributed by atoms with Crippen LogP contribution in [0.5, 0.6) is 0 Å². The molecule has 0 aliphatic carbocycles. The molecule has 0 unspecified atom stereocenters. The number of rotatable bonds is 2. The van der Waals surface area contributed by atoms with Crippen molar-refractivity contribution in [2.75, 3.05) is 7.11 Å². The van der Waals surface area contributed by atoms with E-state index in [0.717, 1.165) is 11.3 Å². The van der Waals surface area contributed by atoms with Crippen LogP contribution in [0.4, 0.5) is 0 Å². The molecule has 16 heavy (non-hydrogen) atoms. The lowest BCUT2D eigenvalue weighted by atomic mass is 10.1. The Labute approximate surface area is 92.9 Å². The van der Waals surface area contributed by atoms with E-state index in [4.69, 9.17) is 0 Å². The molecule has 0 fully saturated rings. The van der Waals surface area contributed by atoms with Crippen LogP contribution in [0, 0.1) is 0 Å². The number of nitrogens with zero attached hydrogens (tertiary/aromatic N) is 2. The molecule has 0 radical (unpaired) electrons. The second-order valence-electron chi connectivity index (χ2n) is 3.16. The first-order chi connectivity index (χ1) is 7.81. The third-order valence-corrected chi connectivity index (χ3v) is 2.16. The lowest BCUT2D eigenvalue weighted by Gasteiger charge is -2.01. The molecule has 1 aromatic heterocycles. The summed E-state index contributed by atoms with van der Waals surface area (Å²) < 4.78 is 4.61. The predicted octanol–water partition coefficient (Wildman–Crippen LogP) is 1.93. The molecule has 0 aliphatic rings. The first-order valence-corrected chi connectivity index (χ1v) is 4.76. The zero-order valence-corrected chi connectivity index (χ0v) is 8.75. The first kappa shape index (κ1) is 10.3. The summed E-state index contributed by atoms with van der Waals surface area (Å²) in [4.78, 5) is 19.4. The van der Waals surface area contributed by atoms with Crippen LogP contribution in [0.25, 0.3) is 11.3 Å². The van der Waals surface area contributed by atoms with Crippen molar-refractivity contribution in [2.24, 2.45) is 0 Å². The number of ether oxygens (including phenoxy) is 1. The number of aromatic nitrogens is 2. The van der Waals surface area contributed by atoms with Crippen molar-refractivity contribution in [3.63, 3.8) is 0 Å². The fraction of sp³-hybridized carbons (Fsp3) is 0.0833. The van der Waals surface area contributed by atoms with Crippen LogP contribution in [0.3, 0.4) is 0 Å². The summed E-state index contributed by atoms with van der Waals surface area (Å²) in [6.07, 6.45) is 4.92. The fourth-order valence-electron chi connectivity index (χ4n) is 1.34. The highest BCUT2D eigenvalue weighted by Gasteiger charge is 2.05. The molecular formula is C12H10N2O2. The zero-order valence-electron chi connectivity index (χ0n) is 8.75. The molecule has 80 valence electrons. The summed E-state index contributed by atoms with van der Waals surface area (Å²) in [5, 5.41) is 0. The number of carbonyl (C=O) groups is 1. The van der Waals surface area contributed by atoms with Gasteiger partial charge in [0.25, 0.3) is 0 Å². The normalized spacial score (nSPS) is 9.81. The molecule has 0 N–H and O–H groups in total. The van der Waals surface area contributed by atoms with Crippen molar-refractivity contribution in [2.45, 2.75) is 0 Å². The van der Waals surface area contributed by atoms with Gasteiger partial charge in [0.15, 0.2) is 0 Å². The van der Waals surface area contributed by atoms with Gasteiger partial charge in [0.1, 0.15) is 0 Å². The summed E-state index contributed by atoms with van der Waals surface area (Å²) in [6, 6.07) is 7.04. The van der Waals surface area contributed by atoms with Gasteiger partial charge in [0.2, 0.25) is 0 Å². The standard InChI is InChI=1S/C12H10N2O2/c1-16-12(15)10-4-2-9(3-5-10)11-8-13-6-7-14-11/h2-8H,1H3. The molecule has 4 heteroatoms. The van der Waals surface area contributed by atoms with Gasteiger partial charge in [0, 0.05) is 18.0 Å². The van der Waals surface area contributed by atoms with Gasteiger partial charge >= 0.3 is 5.97 Å². The van der Waals surface area contributed by atoms with E-state index >= 15 is 0 Å². The van der Waals surface area contributed by atoms with E-state index in [9.17, 15) is 4.79 Å². The van der Waals surface area contributed by atoms with Crippen molar-refractivity contribution in [3.8, 4) is 11.3 Å². The average Bonchev–Trinajstić information content (AvgIpc) is 2.39. The monoisotopic (exact) mass is 214 g/mol. The molecule has 2 rings (SSSR count). The van der Waals surface area contributed by atoms with Gasteiger partial charge in [-0.3, -0.25) is 9.97 Å². The Morgan fingerprint density at radius 3 is 2.50 bits per heavy atom. The first-order valence-electron chi connectivity index (χ1n) is 4.76. The molecule has 2 aromatic rings. The van der Waals surface area contributed by atoms with Crippen LogP contribution < -0.4 is 0 Å². The lowest BCUT2D eigenvalue weighted by molar-refractivity contribution is 0.0601. The van der Waals surface area contributed by atoms with Crippen LogP contribution >= 0.6 is 0 Å². The third-order valence-electron chi connectivity index (χ3n) is 2.16. The predicted molar refractivity (Wildman–Crippen MR) is 58.8 cm³/mol. The van der Waals surface area contributed by atoms with Gasteiger partial charge in [0.05, 0.1) is 24.6 Å². The molecular weight excluding hydrogens is 204 g/mol. The van der Waals surface area contributed by atoms with E-state index in [1.807, 2.05) is 12.1 Å². The summed E-state index contributed by atoms with van der Waals surface area (Å²) >= 11 is 0. The molecule has 1 heterocycles. The van der Waals surface area contributed by atoms with E-state index < -0.39 is 0 Å². The Hall–Kier alpha value is -2.23. The van der Waals surface area contributed by atoms with Gasteiger partial charge < -0.3 is 4.74 Å². The fourth-order valence-corrected chi connectivity index (χ4v) is 1.34. The molecule has 4 nitrogen and oxygen atoms in total. The van der Waals surface area contributed by atoms with Crippen LogP contribution in [-0.2, 0) is 4.74 Å². The Morgan fingerprint density at radius 1 is 1.19 bits per heavy atom. The maximum atomic E-state index is 11.2. The third kappa shape index (κ3) is 2.06.